The maximum absolute atomic E-state index is 11.9. The largest absolute Gasteiger partial charge is 0.368 e. The van der Waals surface area contributed by atoms with Crippen LogP contribution in [0.5, 0.6) is 0 Å². The molecule has 4 nitrogen and oxygen atoms in total. The second-order valence-corrected chi connectivity index (χ2v) is 4.22. The average Bonchev–Trinajstić information content (AvgIpc) is 2.19. The first-order valence-electron chi connectivity index (χ1n) is 4.44. The summed E-state index contributed by atoms with van der Waals surface area (Å²) in [5, 5.41) is 0.319. The molecule has 0 fully saturated rings. The van der Waals surface area contributed by atoms with Gasteiger partial charge in [0.2, 0.25) is 5.91 Å². The van der Waals surface area contributed by atoms with E-state index in [0.29, 0.717) is 15.5 Å². The van der Waals surface area contributed by atoms with Crippen molar-refractivity contribution < 1.29 is 9.59 Å². The molecule has 1 aromatic rings. The highest BCUT2D eigenvalue weighted by Crippen LogP contribution is 2.20. The van der Waals surface area contributed by atoms with Gasteiger partial charge in [-0.3, -0.25) is 9.59 Å². The number of halogens is 1. The normalized spacial score (nSPS) is 9.94. The second kappa shape index (κ2) is 5.23. The van der Waals surface area contributed by atoms with Gasteiger partial charge in [-0.25, -0.2) is 0 Å². The van der Waals surface area contributed by atoms with Crippen LogP contribution >= 0.6 is 24.2 Å². The quantitative estimate of drug-likeness (QED) is 0.800. The third kappa shape index (κ3) is 3.15. The number of amides is 2. The smallest absolute Gasteiger partial charge is 0.255 e. The fourth-order valence-electron chi connectivity index (χ4n) is 1.19. The van der Waals surface area contributed by atoms with Crippen LogP contribution in [0.4, 0.5) is 0 Å². The second-order valence-electron chi connectivity index (χ2n) is 3.29. The van der Waals surface area contributed by atoms with Crippen molar-refractivity contribution in [3.05, 3.63) is 28.8 Å². The third-order valence-electron chi connectivity index (χ3n) is 1.92. The Bertz CT molecular complexity index is 437. The Morgan fingerprint density at radius 2 is 2.12 bits per heavy atom. The van der Waals surface area contributed by atoms with Gasteiger partial charge in [0.25, 0.3) is 5.91 Å². The lowest BCUT2D eigenvalue weighted by Gasteiger charge is -2.16. The molecule has 0 heterocycles. The lowest BCUT2D eigenvalue weighted by molar-refractivity contribution is -0.118. The number of likely N-dealkylation sites (N-methyl/N-ethyl adjacent to an activating group) is 1. The first-order valence-corrected chi connectivity index (χ1v) is 5.26. The third-order valence-corrected chi connectivity index (χ3v) is 2.53. The highest BCUT2D eigenvalue weighted by Gasteiger charge is 2.16. The van der Waals surface area contributed by atoms with E-state index in [-0.39, 0.29) is 12.5 Å². The molecular weight excluding hydrogens is 248 g/mol. The van der Waals surface area contributed by atoms with Crippen LogP contribution in [0.1, 0.15) is 10.4 Å². The highest BCUT2D eigenvalue weighted by molar-refractivity contribution is 7.80. The van der Waals surface area contributed by atoms with Gasteiger partial charge < -0.3 is 10.6 Å². The summed E-state index contributed by atoms with van der Waals surface area (Å²) in [4.78, 5) is 24.4. The molecule has 6 heteroatoms. The van der Waals surface area contributed by atoms with E-state index in [1.807, 2.05) is 0 Å². The van der Waals surface area contributed by atoms with Gasteiger partial charge in [0, 0.05) is 11.9 Å². The SMILES string of the molecule is CN(CC(N)=O)C(=O)c1cc(S)ccc1Cl. The fraction of sp³-hybridized carbons (Fsp3) is 0.200. The standard InChI is InChI=1S/C10H11ClN2O2S/c1-13(5-9(12)14)10(15)7-4-6(16)2-3-8(7)11/h2-4,16H,5H2,1H3,(H2,12,14). The van der Waals surface area contributed by atoms with Crippen molar-refractivity contribution in [1.29, 1.82) is 0 Å². The fourth-order valence-corrected chi connectivity index (χ4v) is 1.59. The monoisotopic (exact) mass is 258 g/mol. The van der Waals surface area contributed by atoms with Crippen molar-refractivity contribution in [1.82, 2.24) is 4.90 Å². The Hall–Kier alpha value is -1.20. The number of nitrogens with two attached hydrogens (primary N) is 1. The summed E-state index contributed by atoms with van der Waals surface area (Å²) >= 11 is 9.99. The molecule has 86 valence electrons. The molecule has 0 aromatic heterocycles. The van der Waals surface area contributed by atoms with Crippen LogP contribution in [0, 0.1) is 0 Å². The van der Waals surface area contributed by atoms with Crippen LogP contribution < -0.4 is 5.73 Å². The number of hydrogen-bond acceptors (Lipinski definition) is 3. The number of thiol groups is 1. The molecule has 0 saturated carbocycles. The van der Waals surface area contributed by atoms with E-state index >= 15 is 0 Å². The minimum absolute atomic E-state index is 0.147. The molecule has 0 atom stereocenters. The van der Waals surface area contributed by atoms with E-state index < -0.39 is 5.91 Å². The van der Waals surface area contributed by atoms with Crippen LogP contribution in [0.2, 0.25) is 5.02 Å². The number of carbonyl (C=O) groups excluding carboxylic acids is 2. The van der Waals surface area contributed by atoms with Crippen molar-refractivity contribution in [2.24, 2.45) is 5.73 Å². The Balaban J connectivity index is 2.95. The average molecular weight is 259 g/mol. The molecule has 2 amide bonds. The predicted molar refractivity (Wildman–Crippen MR) is 64.9 cm³/mol. The predicted octanol–water partition coefficient (Wildman–Crippen LogP) is 1.19. The number of hydrogen-bond donors (Lipinski definition) is 2. The lowest BCUT2D eigenvalue weighted by Crippen LogP contribution is -2.35. The van der Waals surface area contributed by atoms with Gasteiger partial charge in [0.1, 0.15) is 0 Å². The summed E-state index contributed by atoms with van der Waals surface area (Å²) < 4.78 is 0. The van der Waals surface area contributed by atoms with Gasteiger partial charge in [0.05, 0.1) is 17.1 Å². The van der Waals surface area contributed by atoms with E-state index in [1.54, 1.807) is 18.2 Å². The molecule has 0 unspecified atom stereocenters. The molecular formula is C10H11ClN2O2S. The van der Waals surface area contributed by atoms with Gasteiger partial charge in [-0.2, -0.15) is 0 Å². The molecule has 0 saturated heterocycles. The molecule has 0 aliphatic carbocycles. The molecule has 0 aliphatic rings. The van der Waals surface area contributed by atoms with Gasteiger partial charge in [-0.1, -0.05) is 11.6 Å². The zero-order chi connectivity index (χ0) is 12.3. The van der Waals surface area contributed by atoms with Gasteiger partial charge in [0.15, 0.2) is 0 Å². The summed E-state index contributed by atoms with van der Waals surface area (Å²) in [6.07, 6.45) is 0. The van der Waals surface area contributed by atoms with Crippen molar-refractivity contribution in [2.45, 2.75) is 4.90 Å². The number of primary amides is 1. The van der Waals surface area contributed by atoms with E-state index in [0.717, 1.165) is 0 Å². The van der Waals surface area contributed by atoms with Crippen molar-refractivity contribution in [2.75, 3.05) is 13.6 Å². The van der Waals surface area contributed by atoms with E-state index in [9.17, 15) is 9.59 Å². The number of nitrogens with zero attached hydrogens (tertiary/aromatic N) is 1. The first-order chi connectivity index (χ1) is 7.41. The van der Waals surface area contributed by atoms with E-state index in [4.69, 9.17) is 17.3 Å². The lowest BCUT2D eigenvalue weighted by atomic mass is 10.2. The van der Waals surface area contributed by atoms with Crippen LogP contribution in [0.15, 0.2) is 23.1 Å². The zero-order valence-electron chi connectivity index (χ0n) is 8.61. The minimum atomic E-state index is -0.575. The van der Waals surface area contributed by atoms with Gasteiger partial charge >= 0.3 is 0 Å². The maximum Gasteiger partial charge on any atom is 0.255 e. The Labute approximate surface area is 104 Å². The summed E-state index contributed by atoms with van der Waals surface area (Å²) in [6.45, 7) is -0.147. The minimum Gasteiger partial charge on any atom is -0.368 e. The summed E-state index contributed by atoms with van der Waals surface area (Å²) in [5.74, 6) is -0.936. The number of carbonyl (C=O) groups is 2. The Kier molecular flexibility index (Phi) is 4.20. The molecule has 0 radical (unpaired) electrons. The highest BCUT2D eigenvalue weighted by atomic mass is 35.5. The number of rotatable bonds is 3. The maximum atomic E-state index is 11.9. The van der Waals surface area contributed by atoms with Gasteiger partial charge in [-0.05, 0) is 18.2 Å². The molecule has 1 aromatic carbocycles. The van der Waals surface area contributed by atoms with Crippen LogP contribution in [0.3, 0.4) is 0 Å². The molecule has 2 N–H and O–H groups in total. The molecule has 16 heavy (non-hydrogen) atoms. The van der Waals surface area contributed by atoms with Crippen LogP contribution in [-0.4, -0.2) is 30.3 Å². The van der Waals surface area contributed by atoms with Crippen molar-refractivity contribution in [3.8, 4) is 0 Å². The summed E-state index contributed by atoms with van der Waals surface area (Å²) in [7, 11) is 1.48. The Morgan fingerprint density at radius 1 is 1.50 bits per heavy atom. The van der Waals surface area contributed by atoms with E-state index in [1.165, 1.54) is 11.9 Å². The van der Waals surface area contributed by atoms with Crippen molar-refractivity contribution in [3.63, 3.8) is 0 Å². The molecule has 0 aliphatic heterocycles. The summed E-state index contributed by atoms with van der Waals surface area (Å²) in [6, 6.07) is 4.80. The Morgan fingerprint density at radius 3 is 2.69 bits per heavy atom. The van der Waals surface area contributed by atoms with Crippen LogP contribution in [-0.2, 0) is 4.79 Å². The summed E-state index contributed by atoms with van der Waals surface area (Å²) in [5.41, 5.74) is 5.30. The molecule has 1 rings (SSSR count). The van der Waals surface area contributed by atoms with Crippen molar-refractivity contribution >= 4 is 36.0 Å². The first kappa shape index (κ1) is 12.9. The molecule has 0 spiro atoms. The van der Waals surface area contributed by atoms with Gasteiger partial charge in [-0.15, -0.1) is 12.6 Å². The van der Waals surface area contributed by atoms with E-state index in [2.05, 4.69) is 12.6 Å². The molecule has 0 bridgehead atoms. The zero-order valence-corrected chi connectivity index (χ0v) is 10.3. The number of benzene rings is 1. The topological polar surface area (TPSA) is 63.4 Å². The van der Waals surface area contributed by atoms with Crippen LogP contribution in [0.25, 0.3) is 0 Å².